The van der Waals surface area contributed by atoms with E-state index >= 15 is 0 Å². The van der Waals surface area contributed by atoms with E-state index in [2.05, 4.69) is 29.6 Å². The quantitative estimate of drug-likeness (QED) is 0.814. The number of rotatable bonds is 4. The molecule has 0 aromatic heterocycles. The smallest absolute Gasteiger partial charge is 0.0474 e. The van der Waals surface area contributed by atoms with Crippen LogP contribution in [0.3, 0.4) is 0 Å². The van der Waals surface area contributed by atoms with Crippen LogP contribution in [0.2, 0.25) is 0 Å². The van der Waals surface area contributed by atoms with E-state index in [0.29, 0.717) is 18.6 Å². The van der Waals surface area contributed by atoms with E-state index < -0.39 is 0 Å². The molecule has 0 radical (unpaired) electrons. The Kier molecular flexibility index (Phi) is 4.37. The molecule has 1 aromatic rings. The second-order valence-corrected chi connectivity index (χ2v) is 4.70. The normalized spacial score (nSPS) is 25.6. The minimum Gasteiger partial charge on any atom is -0.396 e. The molecule has 16 heavy (non-hydrogen) atoms. The Hall–Kier alpha value is -0.860. The number of hydrogen-bond acceptors (Lipinski definition) is 2. The number of nitrogens with one attached hydrogen (secondary N) is 1. The Balaban J connectivity index is 1.84. The van der Waals surface area contributed by atoms with E-state index in [1.807, 2.05) is 6.07 Å². The van der Waals surface area contributed by atoms with Crippen molar-refractivity contribution in [1.29, 1.82) is 0 Å². The Morgan fingerprint density at radius 3 is 2.62 bits per heavy atom. The molecule has 1 fully saturated rings. The van der Waals surface area contributed by atoms with E-state index in [-0.39, 0.29) is 0 Å². The molecule has 1 aliphatic rings. The van der Waals surface area contributed by atoms with Crippen molar-refractivity contribution in [3.05, 3.63) is 35.9 Å². The van der Waals surface area contributed by atoms with Crippen molar-refractivity contribution in [1.82, 2.24) is 5.32 Å². The van der Waals surface area contributed by atoms with Crippen LogP contribution in [0, 0.1) is 5.92 Å². The lowest BCUT2D eigenvalue weighted by molar-refractivity contribution is 0.152. The summed E-state index contributed by atoms with van der Waals surface area (Å²) >= 11 is 0. The van der Waals surface area contributed by atoms with Gasteiger partial charge >= 0.3 is 0 Å². The van der Waals surface area contributed by atoms with Crippen molar-refractivity contribution in [2.45, 2.75) is 38.3 Å². The zero-order valence-electron chi connectivity index (χ0n) is 9.73. The Morgan fingerprint density at radius 2 is 1.88 bits per heavy atom. The van der Waals surface area contributed by atoms with Gasteiger partial charge in [0, 0.05) is 19.2 Å². The molecule has 1 aromatic carbocycles. The molecule has 0 bridgehead atoms. The van der Waals surface area contributed by atoms with E-state index in [1.165, 1.54) is 31.2 Å². The molecule has 0 aliphatic heterocycles. The summed E-state index contributed by atoms with van der Waals surface area (Å²) in [5.41, 5.74) is 1.32. The highest BCUT2D eigenvalue weighted by atomic mass is 16.3. The van der Waals surface area contributed by atoms with Crippen molar-refractivity contribution in [3.8, 4) is 0 Å². The third-order valence-electron chi connectivity index (χ3n) is 3.55. The van der Waals surface area contributed by atoms with Gasteiger partial charge < -0.3 is 10.4 Å². The van der Waals surface area contributed by atoms with E-state index in [4.69, 9.17) is 0 Å². The number of hydrogen-bond donors (Lipinski definition) is 2. The van der Waals surface area contributed by atoms with Crippen molar-refractivity contribution in [2.75, 3.05) is 6.61 Å². The van der Waals surface area contributed by atoms with Crippen molar-refractivity contribution >= 4 is 0 Å². The summed E-state index contributed by atoms with van der Waals surface area (Å²) in [6.07, 6.45) is 4.94. The van der Waals surface area contributed by atoms with Crippen LogP contribution in [0.15, 0.2) is 30.3 Å². The van der Waals surface area contributed by atoms with Gasteiger partial charge in [-0.3, -0.25) is 0 Å². The van der Waals surface area contributed by atoms with Crippen LogP contribution in [0.5, 0.6) is 0 Å². The summed E-state index contributed by atoms with van der Waals surface area (Å²) in [7, 11) is 0. The fourth-order valence-electron chi connectivity index (χ4n) is 2.54. The molecule has 1 saturated carbocycles. The Labute approximate surface area is 97.7 Å². The highest BCUT2D eigenvalue weighted by Gasteiger charge is 2.23. The predicted molar refractivity (Wildman–Crippen MR) is 66.1 cm³/mol. The first-order valence-corrected chi connectivity index (χ1v) is 6.28. The molecule has 2 atom stereocenters. The van der Waals surface area contributed by atoms with Crippen molar-refractivity contribution in [3.63, 3.8) is 0 Å². The monoisotopic (exact) mass is 219 g/mol. The number of aliphatic hydroxyl groups is 1. The summed E-state index contributed by atoms with van der Waals surface area (Å²) < 4.78 is 0. The highest BCUT2D eigenvalue weighted by Crippen LogP contribution is 2.24. The topological polar surface area (TPSA) is 32.3 Å². The second kappa shape index (κ2) is 6.02. The lowest BCUT2D eigenvalue weighted by Gasteiger charge is -2.31. The first kappa shape index (κ1) is 11.6. The first-order valence-electron chi connectivity index (χ1n) is 6.28. The van der Waals surface area contributed by atoms with Crippen LogP contribution in [0.1, 0.15) is 31.2 Å². The van der Waals surface area contributed by atoms with Gasteiger partial charge in [0.05, 0.1) is 0 Å². The highest BCUT2D eigenvalue weighted by molar-refractivity contribution is 5.14. The zero-order valence-corrected chi connectivity index (χ0v) is 9.73. The SMILES string of the molecule is OC[C@H]1CCCC[C@H]1NCc1ccccc1. The Morgan fingerprint density at radius 1 is 1.12 bits per heavy atom. The van der Waals surface area contributed by atoms with Crippen LogP contribution in [-0.2, 0) is 6.54 Å². The van der Waals surface area contributed by atoms with Gasteiger partial charge in [-0.25, -0.2) is 0 Å². The van der Waals surface area contributed by atoms with E-state index in [0.717, 1.165) is 6.54 Å². The van der Waals surface area contributed by atoms with Gasteiger partial charge in [0.25, 0.3) is 0 Å². The van der Waals surface area contributed by atoms with E-state index in [9.17, 15) is 5.11 Å². The summed E-state index contributed by atoms with van der Waals surface area (Å²) in [4.78, 5) is 0. The first-order chi connectivity index (χ1) is 7.90. The third-order valence-corrected chi connectivity index (χ3v) is 3.55. The molecule has 0 spiro atoms. The molecule has 0 unspecified atom stereocenters. The fraction of sp³-hybridized carbons (Fsp3) is 0.571. The standard InChI is InChI=1S/C14H21NO/c16-11-13-8-4-5-9-14(13)15-10-12-6-2-1-3-7-12/h1-3,6-7,13-16H,4-5,8-11H2/t13-,14-/m1/s1. The third kappa shape index (κ3) is 3.06. The maximum absolute atomic E-state index is 9.32. The van der Waals surface area contributed by atoms with Crippen LogP contribution in [0.25, 0.3) is 0 Å². The summed E-state index contributed by atoms with van der Waals surface area (Å²) in [5.74, 6) is 0.456. The largest absolute Gasteiger partial charge is 0.396 e. The average molecular weight is 219 g/mol. The van der Waals surface area contributed by atoms with Gasteiger partial charge in [-0.2, -0.15) is 0 Å². The molecule has 2 heteroatoms. The van der Waals surface area contributed by atoms with Gasteiger partial charge in [-0.05, 0) is 24.3 Å². The van der Waals surface area contributed by atoms with E-state index in [1.54, 1.807) is 0 Å². The lowest BCUT2D eigenvalue weighted by atomic mass is 9.85. The molecular formula is C14H21NO. The number of aliphatic hydroxyl groups excluding tert-OH is 1. The maximum atomic E-state index is 9.32. The summed E-state index contributed by atoms with van der Waals surface area (Å²) in [5, 5.41) is 12.9. The number of benzene rings is 1. The molecule has 2 rings (SSSR count). The fourth-order valence-corrected chi connectivity index (χ4v) is 2.54. The van der Waals surface area contributed by atoms with Crippen LogP contribution < -0.4 is 5.32 Å². The molecule has 0 heterocycles. The second-order valence-electron chi connectivity index (χ2n) is 4.70. The van der Waals surface area contributed by atoms with Crippen LogP contribution >= 0.6 is 0 Å². The molecule has 0 saturated heterocycles. The van der Waals surface area contributed by atoms with Crippen molar-refractivity contribution < 1.29 is 5.11 Å². The van der Waals surface area contributed by atoms with Gasteiger partial charge in [-0.1, -0.05) is 43.2 Å². The summed E-state index contributed by atoms with van der Waals surface area (Å²) in [6.45, 7) is 1.24. The van der Waals surface area contributed by atoms with Crippen molar-refractivity contribution in [2.24, 2.45) is 5.92 Å². The van der Waals surface area contributed by atoms with Gasteiger partial charge in [0.1, 0.15) is 0 Å². The van der Waals surface area contributed by atoms with Gasteiger partial charge in [0.2, 0.25) is 0 Å². The maximum Gasteiger partial charge on any atom is 0.0474 e. The lowest BCUT2D eigenvalue weighted by Crippen LogP contribution is -2.39. The zero-order chi connectivity index (χ0) is 11.2. The minimum atomic E-state index is 0.326. The van der Waals surface area contributed by atoms with Gasteiger partial charge in [-0.15, -0.1) is 0 Å². The van der Waals surface area contributed by atoms with Gasteiger partial charge in [0.15, 0.2) is 0 Å². The molecule has 2 nitrogen and oxygen atoms in total. The molecular weight excluding hydrogens is 198 g/mol. The minimum absolute atomic E-state index is 0.326. The molecule has 88 valence electrons. The predicted octanol–water partition coefficient (Wildman–Crippen LogP) is 2.33. The Bertz CT molecular complexity index is 299. The van der Waals surface area contributed by atoms with Crippen LogP contribution in [-0.4, -0.2) is 17.8 Å². The molecule has 0 amide bonds. The molecule has 1 aliphatic carbocycles. The molecule has 2 N–H and O–H groups in total. The average Bonchev–Trinajstić information content (AvgIpc) is 2.38. The summed E-state index contributed by atoms with van der Waals surface area (Å²) in [6, 6.07) is 11.0. The van der Waals surface area contributed by atoms with Crippen LogP contribution in [0.4, 0.5) is 0 Å².